The summed E-state index contributed by atoms with van der Waals surface area (Å²) in [5.41, 5.74) is 3.73. The van der Waals surface area contributed by atoms with Gasteiger partial charge in [0, 0.05) is 43.4 Å². The summed E-state index contributed by atoms with van der Waals surface area (Å²) in [6, 6.07) is 10.1. The van der Waals surface area contributed by atoms with Crippen molar-refractivity contribution in [3.8, 4) is 11.3 Å². The van der Waals surface area contributed by atoms with E-state index >= 15 is 0 Å². The summed E-state index contributed by atoms with van der Waals surface area (Å²) in [4.78, 5) is 38.4. The molecule has 1 aromatic carbocycles. The lowest BCUT2D eigenvalue weighted by Gasteiger charge is -2.29. The van der Waals surface area contributed by atoms with E-state index in [-0.39, 0.29) is 24.4 Å². The van der Waals surface area contributed by atoms with Gasteiger partial charge >= 0.3 is 0 Å². The SMILES string of the molecule is CN1C[C@]23C=C[C@H](O2)[C@H](C(=O)N2CCc4[nH]nc(-c5ccccc5)c4CC2)[C@@H]3C1=O.O=CO. The van der Waals surface area contributed by atoms with Crippen molar-refractivity contribution in [2.75, 3.05) is 26.7 Å². The maximum Gasteiger partial charge on any atom is 0.290 e. The highest BCUT2D eigenvalue weighted by molar-refractivity contribution is 5.93. The minimum Gasteiger partial charge on any atom is -0.483 e. The first-order valence-electron chi connectivity index (χ1n) is 11.1. The number of rotatable bonds is 2. The van der Waals surface area contributed by atoms with E-state index in [1.54, 1.807) is 11.9 Å². The average molecular weight is 450 g/mol. The lowest BCUT2D eigenvalue weighted by atomic mass is 9.76. The lowest BCUT2D eigenvalue weighted by Crippen LogP contribution is -2.46. The second-order valence-electron chi connectivity index (χ2n) is 8.92. The molecule has 2 amide bonds. The summed E-state index contributed by atoms with van der Waals surface area (Å²) in [7, 11) is 1.79. The zero-order valence-corrected chi connectivity index (χ0v) is 18.3. The fraction of sp³-hybridized carbons (Fsp3) is 0.417. The van der Waals surface area contributed by atoms with E-state index in [9.17, 15) is 9.59 Å². The summed E-state index contributed by atoms with van der Waals surface area (Å²) in [5, 5.41) is 14.6. The van der Waals surface area contributed by atoms with Gasteiger partial charge in [0.1, 0.15) is 5.60 Å². The summed E-state index contributed by atoms with van der Waals surface area (Å²) in [5.74, 6) is -0.752. The van der Waals surface area contributed by atoms with Gasteiger partial charge in [-0.25, -0.2) is 0 Å². The Balaban J connectivity index is 0.000000724. The van der Waals surface area contributed by atoms with Crippen molar-refractivity contribution in [1.82, 2.24) is 20.0 Å². The maximum absolute atomic E-state index is 13.6. The molecule has 1 spiro atoms. The molecule has 2 saturated heterocycles. The zero-order valence-electron chi connectivity index (χ0n) is 18.3. The van der Waals surface area contributed by atoms with E-state index in [0.29, 0.717) is 19.6 Å². The summed E-state index contributed by atoms with van der Waals surface area (Å²) in [6.45, 7) is 1.53. The molecule has 9 heteroatoms. The van der Waals surface area contributed by atoms with Gasteiger partial charge in [0.05, 0.1) is 30.2 Å². The minimum absolute atomic E-state index is 0.0239. The molecule has 4 atom stereocenters. The highest BCUT2D eigenvalue weighted by Crippen LogP contribution is 2.52. The number of amides is 2. The Morgan fingerprint density at radius 2 is 2.00 bits per heavy atom. The number of hydrogen-bond acceptors (Lipinski definition) is 5. The molecule has 5 heterocycles. The third kappa shape index (κ3) is 3.34. The first kappa shape index (κ1) is 21.4. The van der Waals surface area contributed by atoms with Gasteiger partial charge < -0.3 is 19.6 Å². The van der Waals surface area contributed by atoms with Crippen molar-refractivity contribution in [1.29, 1.82) is 0 Å². The number of hydrogen-bond donors (Lipinski definition) is 2. The maximum atomic E-state index is 13.6. The van der Waals surface area contributed by atoms with Gasteiger partial charge in [0.15, 0.2) is 0 Å². The molecule has 0 radical (unpaired) electrons. The molecule has 1 aromatic heterocycles. The van der Waals surface area contributed by atoms with Crippen LogP contribution in [0.1, 0.15) is 11.3 Å². The molecular weight excluding hydrogens is 424 g/mol. The van der Waals surface area contributed by atoms with E-state index < -0.39 is 17.4 Å². The standard InChI is InChI=1S/C23H24N4O3.CH2O2/c1-26-13-23-10-7-17(30-23)18(19(23)22(26)29)21(28)27-11-8-15-16(9-12-27)24-25-20(15)14-5-3-2-4-6-14;2-1-3/h2-7,10,17-19H,8-9,11-13H2,1H3,(H,24,25);1H,(H,2,3)/t17-,18-,19+,23-;/m0./s1. The Morgan fingerprint density at radius 1 is 1.27 bits per heavy atom. The Bertz CT molecular complexity index is 1110. The van der Waals surface area contributed by atoms with E-state index in [1.165, 1.54) is 5.56 Å². The Morgan fingerprint density at radius 3 is 2.76 bits per heavy atom. The number of nitrogens with zero attached hydrogens (tertiary/aromatic N) is 3. The monoisotopic (exact) mass is 450 g/mol. The van der Waals surface area contributed by atoms with Gasteiger partial charge in [-0.05, 0) is 6.42 Å². The van der Waals surface area contributed by atoms with E-state index in [0.717, 1.165) is 29.8 Å². The molecule has 0 aliphatic carbocycles. The molecule has 0 unspecified atom stereocenters. The number of likely N-dealkylation sites (N-methyl/N-ethyl adjacent to an activating group) is 1. The number of likely N-dealkylation sites (tertiary alicyclic amines) is 1. The van der Waals surface area contributed by atoms with Crippen LogP contribution in [0.3, 0.4) is 0 Å². The van der Waals surface area contributed by atoms with Crippen molar-refractivity contribution in [2.24, 2.45) is 11.8 Å². The number of aromatic nitrogens is 2. The van der Waals surface area contributed by atoms with Crippen molar-refractivity contribution < 1.29 is 24.2 Å². The van der Waals surface area contributed by atoms with E-state index in [4.69, 9.17) is 14.6 Å². The quantitative estimate of drug-likeness (QED) is 0.523. The predicted octanol–water partition coefficient (Wildman–Crippen LogP) is 1.12. The van der Waals surface area contributed by atoms with Crippen LogP contribution in [-0.4, -0.2) is 81.8 Å². The van der Waals surface area contributed by atoms with Crippen LogP contribution in [-0.2, 0) is 32.0 Å². The van der Waals surface area contributed by atoms with Crippen LogP contribution in [0.4, 0.5) is 0 Å². The first-order valence-corrected chi connectivity index (χ1v) is 11.1. The minimum atomic E-state index is -0.614. The largest absolute Gasteiger partial charge is 0.483 e. The number of benzene rings is 1. The number of carboxylic acid groups (broad SMARTS) is 1. The van der Waals surface area contributed by atoms with Gasteiger partial charge in [-0.3, -0.25) is 19.5 Å². The number of carbonyl (C=O) groups is 3. The van der Waals surface area contributed by atoms with Crippen LogP contribution in [0.25, 0.3) is 11.3 Å². The van der Waals surface area contributed by atoms with Gasteiger partial charge in [-0.1, -0.05) is 42.5 Å². The van der Waals surface area contributed by atoms with Gasteiger partial charge in [-0.15, -0.1) is 0 Å². The topological polar surface area (TPSA) is 116 Å². The molecule has 6 rings (SSSR count). The third-order valence-electron chi connectivity index (χ3n) is 7.15. The average Bonchev–Trinajstić information content (AvgIpc) is 3.52. The number of carbonyl (C=O) groups excluding carboxylic acids is 2. The van der Waals surface area contributed by atoms with Gasteiger partial charge in [0.25, 0.3) is 6.47 Å². The molecule has 0 saturated carbocycles. The number of fused-ring (bicyclic) bond motifs is 2. The van der Waals surface area contributed by atoms with E-state index in [1.807, 2.05) is 35.3 Å². The van der Waals surface area contributed by atoms with Gasteiger partial charge in [0.2, 0.25) is 11.8 Å². The number of ether oxygens (including phenoxy) is 1. The Labute approximate surface area is 191 Å². The molecule has 4 aliphatic heterocycles. The Hall–Kier alpha value is -3.46. The summed E-state index contributed by atoms with van der Waals surface area (Å²) >= 11 is 0. The fourth-order valence-electron chi connectivity index (χ4n) is 5.72. The molecular formula is C24H26N4O5. The second kappa shape index (κ2) is 8.15. The molecule has 9 nitrogen and oxygen atoms in total. The van der Waals surface area contributed by atoms with Crippen LogP contribution in [0, 0.1) is 11.8 Å². The van der Waals surface area contributed by atoms with Crippen LogP contribution in [0.2, 0.25) is 0 Å². The molecule has 2 aromatic rings. The lowest BCUT2D eigenvalue weighted by molar-refractivity contribution is -0.142. The molecule has 33 heavy (non-hydrogen) atoms. The second-order valence-corrected chi connectivity index (χ2v) is 8.92. The van der Waals surface area contributed by atoms with Gasteiger partial charge in [-0.2, -0.15) is 5.10 Å². The Kier molecular flexibility index (Phi) is 5.28. The number of H-pyrrole nitrogens is 1. The summed E-state index contributed by atoms with van der Waals surface area (Å²) < 4.78 is 6.17. The first-order chi connectivity index (χ1) is 16.0. The smallest absolute Gasteiger partial charge is 0.290 e. The molecule has 4 aliphatic rings. The molecule has 2 N–H and O–H groups in total. The third-order valence-corrected chi connectivity index (χ3v) is 7.15. The molecule has 172 valence electrons. The highest BCUT2D eigenvalue weighted by atomic mass is 16.5. The molecule has 2 fully saturated rings. The van der Waals surface area contributed by atoms with Crippen molar-refractivity contribution >= 4 is 18.3 Å². The highest BCUT2D eigenvalue weighted by Gasteiger charge is 2.66. The summed E-state index contributed by atoms with van der Waals surface area (Å²) in [6.07, 6.45) is 5.17. The fourth-order valence-corrected chi connectivity index (χ4v) is 5.72. The normalized spacial score (nSPS) is 29.2. The number of nitrogens with one attached hydrogen (secondary N) is 1. The van der Waals surface area contributed by atoms with Crippen molar-refractivity contribution in [2.45, 2.75) is 24.5 Å². The van der Waals surface area contributed by atoms with E-state index in [2.05, 4.69) is 22.3 Å². The predicted molar refractivity (Wildman–Crippen MR) is 118 cm³/mol. The van der Waals surface area contributed by atoms with Crippen LogP contribution in [0.15, 0.2) is 42.5 Å². The van der Waals surface area contributed by atoms with Crippen LogP contribution < -0.4 is 0 Å². The molecule has 2 bridgehead atoms. The van der Waals surface area contributed by atoms with Crippen LogP contribution in [0.5, 0.6) is 0 Å². The van der Waals surface area contributed by atoms with Crippen LogP contribution >= 0.6 is 0 Å². The van der Waals surface area contributed by atoms with Crippen molar-refractivity contribution in [3.05, 3.63) is 53.7 Å². The van der Waals surface area contributed by atoms with Crippen molar-refractivity contribution in [3.63, 3.8) is 0 Å². The number of aromatic amines is 1. The zero-order chi connectivity index (χ0) is 23.2.